The number of aromatic nitrogens is 2. The number of fused-ring (bicyclic) bond motifs is 3. The van der Waals surface area contributed by atoms with Crippen LogP contribution in [0.2, 0.25) is 0 Å². The zero-order chi connectivity index (χ0) is 24.2. The zero-order valence-electron chi connectivity index (χ0n) is 19.7. The molecule has 0 aliphatic carbocycles. The van der Waals surface area contributed by atoms with Crippen LogP contribution in [0.4, 0.5) is 0 Å². The average molecular weight is 493 g/mol. The van der Waals surface area contributed by atoms with Crippen LogP contribution in [0.5, 0.6) is 5.75 Å². The molecule has 0 unspecified atom stereocenters. The van der Waals surface area contributed by atoms with Crippen molar-refractivity contribution in [1.82, 2.24) is 19.8 Å². The van der Waals surface area contributed by atoms with Crippen molar-refractivity contribution in [2.45, 2.75) is 13.0 Å². The number of ether oxygens (including phenoxy) is 2. The van der Waals surface area contributed by atoms with Gasteiger partial charge in [0.15, 0.2) is 5.75 Å². The fourth-order valence-electron chi connectivity index (χ4n) is 4.51. The predicted molar refractivity (Wildman–Crippen MR) is 138 cm³/mol. The van der Waals surface area contributed by atoms with E-state index in [9.17, 15) is 9.59 Å². The molecule has 182 valence electrons. The molecule has 1 fully saturated rings. The molecule has 0 radical (unpaired) electrons. The summed E-state index contributed by atoms with van der Waals surface area (Å²) in [5, 5.41) is 4.36. The number of rotatable bonds is 8. The van der Waals surface area contributed by atoms with Gasteiger partial charge in [0.2, 0.25) is 0 Å². The molecule has 1 aliphatic heterocycles. The van der Waals surface area contributed by atoms with Gasteiger partial charge >= 0.3 is 0 Å². The first kappa shape index (κ1) is 23.5. The number of morpholine rings is 1. The first-order valence-corrected chi connectivity index (χ1v) is 12.6. The number of hydrogen-bond donors (Lipinski definition) is 1. The van der Waals surface area contributed by atoms with Crippen LogP contribution in [-0.4, -0.2) is 66.9 Å². The zero-order valence-corrected chi connectivity index (χ0v) is 20.5. The molecule has 0 atom stereocenters. The number of nitrogens with one attached hydrogen (secondary N) is 1. The molecule has 1 saturated heterocycles. The third kappa shape index (κ3) is 4.80. The predicted octanol–water partition coefficient (Wildman–Crippen LogP) is 3.12. The normalized spacial score (nSPS) is 14.4. The molecule has 3 aromatic heterocycles. The van der Waals surface area contributed by atoms with Gasteiger partial charge in [-0.05, 0) is 31.2 Å². The summed E-state index contributed by atoms with van der Waals surface area (Å²) in [4.78, 5) is 34.0. The second-order valence-corrected chi connectivity index (χ2v) is 9.48. The summed E-state index contributed by atoms with van der Waals surface area (Å²) in [5.74, 6) is 0.117. The molecule has 4 heterocycles. The second kappa shape index (κ2) is 10.6. The van der Waals surface area contributed by atoms with Crippen molar-refractivity contribution in [1.29, 1.82) is 0 Å². The van der Waals surface area contributed by atoms with E-state index in [1.807, 2.05) is 42.5 Å². The van der Waals surface area contributed by atoms with Gasteiger partial charge in [0, 0.05) is 31.2 Å². The molecule has 35 heavy (non-hydrogen) atoms. The van der Waals surface area contributed by atoms with Gasteiger partial charge in [-0.25, -0.2) is 0 Å². The van der Waals surface area contributed by atoms with E-state index >= 15 is 0 Å². The summed E-state index contributed by atoms with van der Waals surface area (Å²) >= 11 is 1.31. The Balaban J connectivity index is 1.47. The second-order valence-electron chi connectivity index (χ2n) is 8.46. The minimum atomic E-state index is -0.218. The summed E-state index contributed by atoms with van der Waals surface area (Å²) in [6, 6.07) is 13.4. The number of methoxy groups -OCH3 is 1. The lowest BCUT2D eigenvalue weighted by Crippen LogP contribution is -2.38. The lowest BCUT2D eigenvalue weighted by molar-refractivity contribution is 0.0374. The van der Waals surface area contributed by atoms with Crippen LogP contribution in [0.15, 0.2) is 53.5 Å². The molecule has 4 aromatic rings. The van der Waals surface area contributed by atoms with Gasteiger partial charge in [-0.1, -0.05) is 24.3 Å². The maximum absolute atomic E-state index is 13.7. The third-order valence-electron chi connectivity index (χ3n) is 6.26. The standard InChI is InChI=1S/C26H28N4O4S/c1-33-22-21-23(35-24(22)25(31)28-11-6-12-29-13-15-34-16-14-29)19-8-2-3-9-20(19)30(26(21)32)17-18-7-4-5-10-27-18/h2-5,7-10H,6,11-17H2,1H3,(H,28,31). The van der Waals surface area contributed by atoms with E-state index in [2.05, 4.69) is 15.2 Å². The summed E-state index contributed by atoms with van der Waals surface area (Å²) in [6.07, 6.45) is 2.56. The topological polar surface area (TPSA) is 85.7 Å². The van der Waals surface area contributed by atoms with E-state index in [1.165, 1.54) is 18.4 Å². The molecule has 0 bridgehead atoms. The Kier molecular flexibility index (Phi) is 7.08. The van der Waals surface area contributed by atoms with Gasteiger partial charge < -0.3 is 19.4 Å². The highest BCUT2D eigenvalue weighted by molar-refractivity contribution is 7.22. The number of pyridine rings is 2. The van der Waals surface area contributed by atoms with Crippen LogP contribution in [0.3, 0.4) is 0 Å². The first-order valence-electron chi connectivity index (χ1n) is 11.8. The number of carbonyl (C=O) groups is 1. The van der Waals surface area contributed by atoms with Crippen molar-refractivity contribution >= 4 is 38.2 Å². The van der Waals surface area contributed by atoms with Gasteiger partial charge in [0.1, 0.15) is 10.3 Å². The van der Waals surface area contributed by atoms with E-state index < -0.39 is 0 Å². The lowest BCUT2D eigenvalue weighted by Gasteiger charge is -2.26. The van der Waals surface area contributed by atoms with Crippen LogP contribution < -0.4 is 15.6 Å². The molecule has 0 saturated carbocycles. The molecule has 8 nitrogen and oxygen atoms in total. The van der Waals surface area contributed by atoms with Gasteiger partial charge in [0.25, 0.3) is 11.5 Å². The first-order chi connectivity index (χ1) is 17.2. The van der Waals surface area contributed by atoms with Crippen LogP contribution in [0, 0.1) is 0 Å². The molecule has 5 rings (SSSR count). The highest BCUT2D eigenvalue weighted by atomic mass is 32.1. The van der Waals surface area contributed by atoms with Crippen molar-refractivity contribution < 1.29 is 14.3 Å². The molecule has 1 amide bonds. The Morgan fingerprint density at radius 2 is 1.97 bits per heavy atom. The smallest absolute Gasteiger partial charge is 0.265 e. The molecule has 1 aliphatic rings. The quantitative estimate of drug-likeness (QED) is 0.381. The molecule has 9 heteroatoms. The van der Waals surface area contributed by atoms with Crippen molar-refractivity contribution in [2.75, 3.05) is 46.5 Å². The van der Waals surface area contributed by atoms with Crippen molar-refractivity contribution in [3.05, 3.63) is 69.6 Å². The fraction of sp³-hybridized carbons (Fsp3) is 0.346. The van der Waals surface area contributed by atoms with Crippen LogP contribution in [0.25, 0.3) is 21.0 Å². The summed E-state index contributed by atoms with van der Waals surface area (Å²) in [7, 11) is 1.51. The van der Waals surface area contributed by atoms with Gasteiger partial charge in [-0.2, -0.15) is 0 Å². The van der Waals surface area contributed by atoms with Crippen molar-refractivity contribution in [3.63, 3.8) is 0 Å². The highest BCUT2D eigenvalue weighted by Gasteiger charge is 2.25. The molecule has 1 N–H and O–H groups in total. The number of carbonyl (C=O) groups excluding carboxylic acids is 1. The van der Waals surface area contributed by atoms with Gasteiger partial charge in [0.05, 0.1) is 42.8 Å². The van der Waals surface area contributed by atoms with E-state index in [0.717, 1.165) is 60.6 Å². The van der Waals surface area contributed by atoms with Gasteiger partial charge in [-0.15, -0.1) is 11.3 Å². The summed E-state index contributed by atoms with van der Waals surface area (Å²) in [5.41, 5.74) is 1.40. The monoisotopic (exact) mass is 492 g/mol. The number of benzene rings is 1. The molecule has 0 spiro atoms. The van der Waals surface area contributed by atoms with E-state index in [-0.39, 0.29) is 11.5 Å². The Morgan fingerprint density at radius 1 is 1.17 bits per heavy atom. The lowest BCUT2D eigenvalue weighted by atomic mass is 10.1. The Bertz CT molecular complexity index is 1390. The minimum Gasteiger partial charge on any atom is -0.494 e. The Labute approximate surface area is 207 Å². The van der Waals surface area contributed by atoms with Crippen LogP contribution >= 0.6 is 11.3 Å². The van der Waals surface area contributed by atoms with Crippen LogP contribution in [-0.2, 0) is 11.3 Å². The SMILES string of the molecule is COc1c(C(=O)NCCCN2CCOCC2)sc2c1c(=O)n(Cc1ccccn1)c1ccccc21. The number of thiophene rings is 1. The van der Waals surface area contributed by atoms with E-state index in [1.54, 1.807) is 10.8 Å². The largest absolute Gasteiger partial charge is 0.494 e. The number of hydrogen-bond acceptors (Lipinski definition) is 7. The average Bonchev–Trinajstić information content (AvgIpc) is 3.30. The van der Waals surface area contributed by atoms with Crippen molar-refractivity contribution in [3.8, 4) is 5.75 Å². The Morgan fingerprint density at radius 3 is 2.74 bits per heavy atom. The van der Waals surface area contributed by atoms with Gasteiger partial charge in [-0.3, -0.25) is 19.5 Å². The number of nitrogens with zero attached hydrogens (tertiary/aromatic N) is 3. The summed E-state index contributed by atoms with van der Waals surface area (Å²) < 4.78 is 13.5. The fourth-order valence-corrected chi connectivity index (χ4v) is 5.72. The summed E-state index contributed by atoms with van der Waals surface area (Å²) in [6.45, 7) is 5.17. The van der Waals surface area contributed by atoms with Crippen molar-refractivity contribution in [2.24, 2.45) is 0 Å². The molecular formula is C26H28N4O4S. The highest BCUT2D eigenvalue weighted by Crippen LogP contribution is 2.39. The minimum absolute atomic E-state index is 0.191. The molecule has 1 aromatic carbocycles. The van der Waals surface area contributed by atoms with E-state index in [4.69, 9.17) is 9.47 Å². The van der Waals surface area contributed by atoms with Crippen LogP contribution in [0.1, 0.15) is 21.8 Å². The maximum Gasteiger partial charge on any atom is 0.265 e. The van der Waals surface area contributed by atoms with E-state index in [0.29, 0.717) is 29.1 Å². The third-order valence-corrected chi connectivity index (χ3v) is 7.46. The molecular weight excluding hydrogens is 464 g/mol. The maximum atomic E-state index is 13.7. The Hall–Kier alpha value is -3.27. The number of amides is 1. The number of para-hydroxylation sites is 1.